The Balaban J connectivity index is 1.55. The van der Waals surface area contributed by atoms with E-state index in [0.717, 1.165) is 11.1 Å². The van der Waals surface area contributed by atoms with Crippen molar-refractivity contribution in [2.24, 2.45) is 5.92 Å². The van der Waals surface area contributed by atoms with Crippen LogP contribution < -0.4 is 31.9 Å². The number of carbonyl (C=O) groups is 8. The molecule has 73 heavy (non-hydrogen) atoms. The maximum Gasteiger partial charge on any atom is 0.408 e. The summed E-state index contributed by atoms with van der Waals surface area (Å²) < 4.78 is 20.9. The molecular weight excluding hydrogens is 939 g/mol. The molecule has 0 saturated carbocycles. The number of hydrogen-bond donors (Lipinski definition) is 6. The van der Waals surface area contributed by atoms with E-state index in [9.17, 15) is 38.4 Å². The van der Waals surface area contributed by atoms with Gasteiger partial charge in [0.05, 0.1) is 7.11 Å². The monoisotopic (exact) mass is 1010 g/mol. The summed E-state index contributed by atoms with van der Waals surface area (Å²) in [7, 11) is 1.19. The predicted octanol–water partition coefficient (Wildman–Crippen LogP) is 5.41. The molecule has 6 N–H and O–H groups in total. The number of carbonyl (C=O) groups excluding carboxylic acids is 8. The van der Waals surface area contributed by atoms with E-state index in [1.54, 1.807) is 57.2 Å². The normalized spacial score (nSPS) is 14.6. The third-order valence-electron chi connectivity index (χ3n) is 11.7. The van der Waals surface area contributed by atoms with Crippen LogP contribution in [-0.4, -0.2) is 121 Å². The molecule has 3 aromatic carbocycles. The molecule has 4 atom stereocenters. The molecule has 1 fully saturated rings. The molecule has 4 rings (SSSR count). The zero-order chi connectivity index (χ0) is 53.4. The van der Waals surface area contributed by atoms with E-state index in [1.165, 1.54) is 18.1 Å². The fourth-order valence-corrected chi connectivity index (χ4v) is 8.05. The van der Waals surface area contributed by atoms with Crippen molar-refractivity contribution in [1.29, 1.82) is 0 Å². The Hall–Kier alpha value is -7.44. The Morgan fingerprint density at radius 3 is 1.68 bits per heavy atom. The van der Waals surface area contributed by atoms with E-state index in [-0.39, 0.29) is 77.3 Å². The number of methoxy groups -OCH3 is 1. The van der Waals surface area contributed by atoms with Crippen molar-refractivity contribution >= 4 is 47.9 Å². The lowest BCUT2D eigenvalue weighted by atomic mass is 9.87. The van der Waals surface area contributed by atoms with Gasteiger partial charge in [-0.3, -0.25) is 19.2 Å². The zero-order valence-electron chi connectivity index (χ0n) is 42.9. The summed E-state index contributed by atoms with van der Waals surface area (Å²) in [5.41, 5.74) is -0.0777. The molecule has 0 bridgehead atoms. The number of piperidine rings is 1. The largest absolute Gasteiger partial charge is 0.467 e. The van der Waals surface area contributed by atoms with Crippen LogP contribution in [0.15, 0.2) is 104 Å². The number of alkyl carbamates (subject to hydrolysis) is 3. The lowest BCUT2D eigenvalue weighted by molar-refractivity contribution is -0.153. The van der Waals surface area contributed by atoms with Crippen molar-refractivity contribution in [3.63, 3.8) is 0 Å². The van der Waals surface area contributed by atoms with Crippen LogP contribution in [0.3, 0.4) is 0 Å². The fourth-order valence-electron chi connectivity index (χ4n) is 8.05. The standard InChI is InChI=1S/C54H73N7O12/c1-8-32-71-52(69)60-54(49(66)70-7)27-30-61(31-28-54)48(65)41(26-18-19-29-55-50(67)72-36-40-24-16-11-17-25-40)56-45(62)42(33-37(2)3)57-46(63)43(34-38-20-12-9-13-21-38)58-47(64)44(35-39-22-14-10-15-23-39)59-51(68)73-53(4,5)6/h8-17,20-25,37,41-44H,1,18-19,26-36H2,2-7H3,(H,55,67)(H,56,62)(H,57,63)(H,58,64)(H,59,68)(H,60,69)/t41-,42-,43-,44-/m1/s1. The number of hydrogen-bond acceptors (Lipinski definition) is 12. The highest BCUT2D eigenvalue weighted by Gasteiger charge is 2.46. The Morgan fingerprint density at radius 2 is 1.16 bits per heavy atom. The van der Waals surface area contributed by atoms with Gasteiger partial charge in [-0.25, -0.2) is 19.2 Å². The molecule has 0 unspecified atom stereocenters. The van der Waals surface area contributed by atoms with Crippen LogP contribution in [0.1, 0.15) is 89.8 Å². The minimum atomic E-state index is -1.49. The molecule has 1 saturated heterocycles. The number of benzene rings is 3. The predicted molar refractivity (Wildman–Crippen MR) is 272 cm³/mol. The third kappa shape index (κ3) is 20.3. The SMILES string of the molecule is C=CCOC(=O)NC1(C(=O)OC)CCN(C(=O)[C@@H](CCCCNC(=O)OCc2ccccc2)NC(=O)[C@@H](CC(C)C)NC(=O)[C@@H](Cc2ccccc2)NC(=O)[C@@H](Cc2ccccc2)NC(=O)OC(C)(C)C)CC1. The van der Waals surface area contributed by atoms with Gasteiger partial charge in [0.25, 0.3) is 0 Å². The fraction of sp³-hybridized carbons (Fsp3) is 0.481. The maximum absolute atomic E-state index is 14.5. The smallest absolute Gasteiger partial charge is 0.408 e. The van der Waals surface area contributed by atoms with Crippen molar-refractivity contribution in [1.82, 2.24) is 36.8 Å². The van der Waals surface area contributed by atoms with Crippen LogP contribution in [0, 0.1) is 5.92 Å². The van der Waals surface area contributed by atoms with E-state index < -0.39 is 83.2 Å². The first kappa shape index (κ1) is 58.1. The molecule has 0 spiro atoms. The Kier molecular flexibility index (Phi) is 23.2. The van der Waals surface area contributed by atoms with Gasteiger partial charge in [0, 0.05) is 32.5 Å². The molecule has 7 amide bonds. The molecule has 396 valence electrons. The molecule has 0 aliphatic carbocycles. The molecule has 19 nitrogen and oxygen atoms in total. The summed E-state index contributed by atoms with van der Waals surface area (Å²) in [6, 6.07) is 22.5. The zero-order valence-corrected chi connectivity index (χ0v) is 42.9. The number of likely N-dealkylation sites (tertiary alicyclic amines) is 1. The van der Waals surface area contributed by atoms with Gasteiger partial charge in [0.1, 0.15) is 48.5 Å². The van der Waals surface area contributed by atoms with Crippen molar-refractivity contribution in [2.75, 3.05) is 33.4 Å². The number of esters is 1. The minimum Gasteiger partial charge on any atom is -0.467 e. The van der Waals surface area contributed by atoms with E-state index in [2.05, 4.69) is 38.5 Å². The van der Waals surface area contributed by atoms with E-state index >= 15 is 0 Å². The van der Waals surface area contributed by atoms with E-state index in [4.69, 9.17) is 18.9 Å². The van der Waals surface area contributed by atoms with Crippen molar-refractivity contribution in [3.8, 4) is 0 Å². The second-order valence-electron chi connectivity index (χ2n) is 19.3. The van der Waals surface area contributed by atoms with Crippen LogP contribution in [0.5, 0.6) is 0 Å². The number of amides is 7. The second-order valence-corrected chi connectivity index (χ2v) is 19.3. The number of nitrogens with one attached hydrogen (secondary N) is 6. The maximum atomic E-state index is 14.5. The summed E-state index contributed by atoms with van der Waals surface area (Å²) >= 11 is 0. The van der Waals surface area contributed by atoms with Gasteiger partial charge < -0.3 is 55.7 Å². The van der Waals surface area contributed by atoms with Crippen molar-refractivity contribution < 1.29 is 57.3 Å². The second kappa shape index (κ2) is 29.2. The van der Waals surface area contributed by atoms with E-state index in [1.807, 2.05) is 68.4 Å². The Morgan fingerprint density at radius 1 is 0.658 bits per heavy atom. The third-order valence-corrected chi connectivity index (χ3v) is 11.7. The highest BCUT2D eigenvalue weighted by atomic mass is 16.6. The van der Waals surface area contributed by atoms with Crippen LogP contribution in [0.25, 0.3) is 0 Å². The number of unbranched alkanes of at least 4 members (excludes halogenated alkanes) is 1. The van der Waals surface area contributed by atoms with Crippen LogP contribution in [-0.2, 0) is 62.4 Å². The van der Waals surface area contributed by atoms with Gasteiger partial charge >= 0.3 is 24.2 Å². The van der Waals surface area contributed by atoms with Crippen molar-refractivity contribution in [3.05, 3.63) is 120 Å². The summed E-state index contributed by atoms with van der Waals surface area (Å²) in [6.07, 6.45) is 0.172. The molecule has 1 aliphatic rings. The van der Waals surface area contributed by atoms with Crippen LogP contribution >= 0.6 is 0 Å². The molecule has 1 aliphatic heterocycles. The summed E-state index contributed by atoms with van der Waals surface area (Å²) in [5, 5.41) is 16.6. The minimum absolute atomic E-state index is 0.00206. The lowest BCUT2D eigenvalue weighted by Gasteiger charge is -2.40. The molecule has 0 radical (unpaired) electrons. The van der Waals surface area contributed by atoms with Gasteiger partial charge in [-0.05, 0) is 81.9 Å². The first-order chi connectivity index (χ1) is 34.8. The first-order valence-electron chi connectivity index (χ1n) is 24.7. The summed E-state index contributed by atoms with van der Waals surface area (Å²) in [5.74, 6) is -3.32. The Labute approximate surface area is 428 Å². The van der Waals surface area contributed by atoms with Crippen LogP contribution in [0.2, 0.25) is 0 Å². The average Bonchev–Trinajstić information content (AvgIpc) is 3.36. The van der Waals surface area contributed by atoms with Crippen LogP contribution in [0.4, 0.5) is 14.4 Å². The lowest BCUT2D eigenvalue weighted by Crippen LogP contribution is -2.63. The van der Waals surface area contributed by atoms with Crippen molar-refractivity contribution in [2.45, 2.75) is 128 Å². The molecule has 19 heteroatoms. The number of ether oxygens (including phenoxy) is 4. The highest BCUT2D eigenvalue weighted by molar-refractivity contribution is 5.96. The van der Waals surface area contributed by atoms with Gasteiger partial charge in [0.15, 0.2) is 0 Å². The number of nitrogens with zero attached hydrogens (tertiary/aromatic N) is 1. The molecule has 0 aromatic heterocycles. The summed E-state index contributed by atoms with van der Waals surface area (Å²) in [6.45, 7) is 12.6. The molecule has 1 heterocycles. The van der Waals surface area contributed by atoms with E-state index in [0.29, 0.717) is 18.4 Å². The highest BCUT2D eigenvalue weighted by Crippen LogP contribution is 2.26. The molecular formula is C54H73N7O12. The first-order valence-corrected chi connectivity index (χ1v) is 24.7. The van der Waals surface area contributed by atoms with Gasteiger partial charge in [0.2, 0.25) is 23.6 Å². The van der Waals surface area contributed by atoms with Gasteiger partial charge in [-0.1, -0.05) is 117 Å². The summed E-state index contributed by atoms with van der Waals surface area (Å²) in [4.78, 5) is 110. The van der Waals surface area contributed by atoms with Gasteiger partial charge in [-0.15, -0.1) is 0 Å². The number of rotatable bonds is 25. The quantitative estimate of drug-likeness (QED) is 0.0270. The topological polar surface area (TPSA) is 249 Å². The van der Waals surface area contributed by atoms with Gasteiger partial charge in [-0.2, -0.15) is 0 Å². The molecule has 3 aromatic rings. The Bertz CT molecular complexity index is 2280. The average molecular weight is 1010 g/mol.